The molecule has 9 nitrogen and oxygen atoms in total. The van der Waals surface area contributed by atoms with Gasteiger partial charge in [-0.2, -0.15) is 5.21 Å². The van der Waals surface area contributed by atoms with Gasteiger partial charge in [-0.25, -0.2) is 13.1 Å². The zero-order chi connectivity index (χ0) is 15.6. The number of carbonyl (C=O) groups excluding carboxylic acids is 1. The Balaban J connectivity index is 1.72. The number of H-pyrrole nitrogens is 1. The summed E-state index contributed by atoms with van der Waals surface area (Å²) in [7, 11) is -3.67. The van der Waals surface area contributed by atoms with Crippen LogP contribution in [0.1, 0.15) is 18.7 Å². The average Bonchev–Trinajstić information content (AvgIpc) is 3.17. The Morgan fingerprint density at radius 1 is 1.27 bits per heavy atom. The third-order valence-electron chi connectivity index (χ3n) is 3.34. The molecule has 3 rings (SSSR count). The van der Waals surface area contributed by atoms with Gasteiger partial charge in [0, 0.05) is 18.7 Å². The third kappa shape index (κ3) is 2.97. The molecular weight excluding hydrogens is 308 g/mol. The average molecular weight is 322 g/mol. The van der Waals surface area contributed by atoms with E-state index < -0.39 is 10.0 Å². The topological polar surface area (TPSA) is 121 Å². The van der Waals surface area contributed by atoms with E-state index in [4.69, 9.17) is 0 Å². The number of amides is 1. The molecule has 0 unspecified atom stereocenters. The Labute approximate surface area is 126 Å². The molecule has 1 aromatic carbocycles. The van der Waals surface area contributed by atoms with Gasteiger partial charge < -0.3 is 4.90 Å². The SMILES string of the molecule is O=C1CCCN1c1ccc(S(=O)(=O)NCc2nn[nH]n2)cc1. The molecule has 2 aromatic rings. The number of aromatic nitrogens is 4. The number of rotatable bonds is 5. The molecule has 0 saturated carbocycles. The first-order chi connectivity index (χ1) is 10.6. The van der Waals surface area contributed by atoms with Crippen LogP contribution in [-0.4, -0.2) is 41.5 Å². The third-order valence-corrected chi connectivity index (χ3v) is 4.76. The molecule has 1 saturated heterocycles. The van der Waals surface area contributed by atoms with Crippen LogP contribution in [-0.2, 0) is 21.4 Å². The van der Waals surface area contributed by atoms with Crippen molar-refractivity contribution < 1.29 is 13.2 Å². The molecule has 1 amide bonds. The van der Waals surface area contributed by atoms with E-state index >= 15 is 0 Å². The van der Waals surface area contributed by atoms with Crippen LogP contribution in [0.3, 0.4) is 0 Å². The number of aromatic amines is 1. The second kappa shape index (κ2) is 5.81. The second-order valence-corrected chi connectivity index (χ2v) is 6.56. The smallest absolute Gasteiger partial charge is 0.240 e. The number of nitrogens with one attached hydrogen (secondary N) is 2. The van der Waals surface area contributed by atoms with Crippen LogP contribution in [0, 0.1) is 0 Å². The van der Waals surface area contributed by atoms with Gasteiger partial charge in [0.25, 0.3) is 0 Å². The fourth-order valence-corrected chi connectivity index (χ4v) is 3.21. The van der Waals surface area contributed by atoms with Crippen molar-refractivity contribution in [3.05, 3.63) is 30.1 Å². The minimum Gasteiger partial charge on any atom is -0.312 e. The van der Waals surface area contributed by atoms with E-state index in [0.29, 0.717) is 18.7 Å². The predicted octanol–water partition coefficient (Wildman–Crippen LogP) is -0.195. The van der Waals surface area contributed by atoms with E-state index in [1.165, 1.54) is 12.1 Å². The highest BCUT2D eigenvalue weighted by Gasteiger charge is 2.22. The lowest BCUT2D eigenvalue weighted by atomic mass is 10.3. The largest absolute Gasteiger partial charge is 0.312 e. The van der Waals surface area contributed by atoms with Crippen molar-refractivity contribution in [2.45, 2.75) is 24.3 Å². The number of sulfonamides is 1. The lowest BCUT2D eigenvalue weighted by Gasteiger charge is -2.16. The van der Waals surface area contributed by atoms with Gasteiger partial charge in [-0.15, -0.1) is 10.2 Å². The first kappa shape index (κ1) is 14.6. The number of tetrazole rings is 1. The highest BCUT2D eigenvalue weighted by molar-refractivity contribution is 7.89. The zero-order valence-electron chi connectivity index (χ0n) is 11.6. The molecule has 2 N–H and O–H groups in total. The number of carbonyl (C=O) groups is 1. The van der Waals surface area contributed by atoms with E-state index in [1.54, 1.807) is 17.0 Å². The van der Waals surface area contributed by atoms with Gasteiger partial charge in [0.15, 0.2) is 5.82 Å². The van der Waals surface area contributed by atoms with Crippen molar-refractivity contribution in [3.8, 4) is 0 Å². The van der Waals surface area contributed by atoms with Crippen LogP contribution in [0.2, 0.25) is 0 Å². The maximum Gasteiger partial charge on any atom is 0.240 e. The van der Waals surface area contributed by atoms with Crippen molar-refractivity contribution in [1.82, 2.24) is 25.3 Å². The highest BCUT2D eigenvalue weighted by Crippen LogP contribution is 2.22. The summed E-state index contributed by atoms with van der Waals surface area (Å²) >= 11 is 0. The Morgan fingerprint density at radius 2 is 2.05 bits per heavy atom. The molecule has 1 aliphatic heterocycles. The van der Waals surface area contributed by atoms with E-state index in [2.05, 4.69) is 25.3 Å². The summed E-state index contributed by atoms with van der Waals surface area (Å²) in [4.78, 5) is 13.4. The van der Waals surface area contributed by atoms with Gasteiger partial charge in [0.2, 0.25) is 15.9 Å². The highest BCUT2D eigenvalue weighted by atomic mass is 32.2. The molecule has 0 atom stereocenters. The van der Waals surface area contributed by atoms with Crippen molar-refractivity contribution >= 4 is 21.6 Å². The minimum atomic E-state index is -3.67. The van der Waals surface area contributed by atoms with Gasteiger partial charge in [-0.05, 0) is 30.7 Å². The number of anilines is 1. The number of hydrogen-bond donors (Lipinski definition) is 2. The van der Waals surface area contributed by atoms with Gasteiger partial charge in [-0.1, -0.05) is 5.21 Å². The van der Waals surface area contributed by atoms with Crippen molar-refractivity contribution in [3.63, 3.8) is 0 Å². The van der Waals surface area contributed by atoms with E-state index in [9.17, 15) is 13.2 Å². The molecule has 10 heteroatoms. The summed E-state index contributed by atoms with van der Waals surface area (Å²) in [5, 5.41) is 12.9. The Morgan fingerprint density at radius 3 is 2.64 bits per heavy atom. The molecular formula is C12H14N6O3S. The van der Waals surface area contributed by atoms with Crippen LogP contribution < -0.4 is 9.62 Å². The van der Waals surface area contributed by atoms with Crippen LogP contribution in [0.5, 0.6) is 0 Å². The van der Waals surface area contributed by atoms with Gasteiger partial charge in [0.05, 0.1) is 11.4 Å². The summed E-state index contributed by atoms with van der Waals surface area (Å²) in [6.07, 6.45) is 1.36. The van der Waals surface area contributed by atoms with Gasteiger partial charge in [-0.3, -0.25) is 4.79 Å². The van der Waals surface area contributed by atoms with Crippen molar-refractivity contribution in [2.24, 2.45) is 0 Å². The molecule has 0 aliphatic carbocycles. The Bertz CT molecular complexity index is 757. The van der Waals surface area contributed by atoms with E-state index in [1.807, 2.05) is 0 Å². The fourth-order valence-electron chi connectivity index (χ4n) is 2.23. The number of benzene rings is 1. The number of hydrogen-bond acceptors (Lipinski definition) is 6. The molecule has 2 heterocycles. The maximum absolute atomic E-state index is 12.1. The normalized spacial score (nSPS) is 15.5. The Kier molecular flexibility index (Phi) is 3.86. The standard InChI is InChI=1S/C12H14N6O3S/c19-12-2-1-7-18(12)9-3-5-10(6-4-9)22(20,21)13-8-11-14-16-17-15-11/h3-6,13H,1-2,7-8H2,(H,14,15,16,17). The Hall–Kier alpha value is -2.33. The molecule has 1 aliphatic rings. The number of nitrogens with zero attached hydrogens (tertiary/aromatic N) is 4. The van der Waals surface area contributed by atoms with Gasteiger partial charge >= 0.3 is 0 Å². The summed E-state index contributed by atoms with van der Waals surface area (Å²) in [5.41, 5.74) is 0.708. The molecule has 0 spiro atoms. The van der Waals surface area contributed by atoms with E-state index in [0.717, 1.165) is 6.42 Å². The van der Waals surface area contributed by atoms with E-state index in [-0.39, 0.29) is 23.2 Å². The van der Waals surface area contributed by atoms with Crippen LogP contribution in [0.15, 0.2) is 29.2 Å². The predicted molar refractivity (Wildman–Crippen MR) is 76.2 cm³/mol. The summed E-state index contributed by atoms with van der Waals surface area (Å²) in [6, 6.07) is 6.21. The molecule has 116 valence electrons. The van der Waals surface area contributed by atoms with Crippen LogP contribution in [0.4, 0.5) is 5.69 Å². The van der Waals surface area contributed by atoms with Crippen molar-refractivity contribution in [2.75, 3.05) is 11.4 Å². The van der Waals surface area contributed by atoms with Crippen LogP contribution in [0.25, 0.3) is 0 Å². The molecule has 1 fully saturated rings. The first-order valence-corrected chi connectivity index (χ1v) is 8.17. The summed E-state index contributed by atoms with van der Waals surface area (Å²) in [6.45, 7) is 0.617. The molecule has 0 radical (unpaired) electrons. The minimum absolute atomic E-state index is 0.0504. The summed E-state index contributed by atoms with van der Waals surface area (Å²) in [5.74, 6) is 0.314. The quantitative estimate of drug-likeness (QED) is 0.786. The van der Waals surface area contributed by atoms with Gasteiger partial charge in [0.1, 0.15) is 0 Å². The first-order valence-electron chi connectivity index (χ1n) is 6.69. The molecule has 1 aromatic heterocycles. The zero-order valence-corrected chi connectivity index (χ0v) is 12.4. The molecule has 0 bridgehead atoms. The van der Waals surface area contributed by atoms with Crippen molar-refractivity contribution in [1.29, 1.82) is 0 Å². The molecule has 22 heavy (non-hydrogen) atoms. The lowest BCUT2D eigenvalue weighted by molar-refractivity contribution is -0.117. The van der Waals surface area contributed by atoms with Crippen LogP contribution >= 0.6 is 0 Å². The monoisotopic (exact) mass is 322 g/mol. The summed E-state index contributed by atoms with van der Waals surface area (Å²) < 4.78 is 26.7. The fraction of sp³-hybridized carbons (Fsp3) is 0.333. The maximum atomic E-state index is 12.1. The second-order valence-electron chi connectivity index (χ2n) is 4.80. The lowest BCUT2D eigenvalue weighted by Crippen LogP contribution is -2.25.